The average Bonchev–Trinajstić information content (AvgIpc) is 2.91. The Balaban J connectivity index is 1.80. The van der Waals surface area contributed by atoms with E-state index in [1.807, 2.05) is 31.2 Å². The number of aliphatic hydroxyl groups is 1. The molecule has 222 valence electrons. The first-order valence-electron chi connectivity index (χ1n) is 12.6. The van der Waals surface area contributed by atoms with Crippen LogP contribution in [0.15, 0.2) is 66.7 Å². The molecule has 2 atom stereocenters. The largest absolute Gasteiger partial charge is 0.516 e. The van der Waals surface area contributed by atoms with E-state index in [-0.39, 0.29) is 28.4 Å². The van der Waals surface area contributed by atoms with Gasteiger partial charge < -0.3 is 15.7 Å². The van der Waals surface area contributed by atoms with Crippen molar-refractivity contribution in [2.45, 2.75) is 44.0 Å². The number of hydrogen-bond donors (Lipinski definition) is 3. The minimum atomic E-state index is -5.71. The Labute approximate surface area is 235 Å². The summed E-state index contributed by atoms with van der Waals surface area (Å²) < 4.78 is 90.3. The first-order valence-corrected chi connectivity index (χ1v) is 14.0. The fourth-order valence-corrected chi connectivity index (χ4v) is 4.82. The van der Waals surface area contributed by atoms with Crippen LogP contribution >= 0.6 is 0 Å². The Bertz CT molecular complexity index is 1450. The Hall–Kier alpha value is -3.55. The number of halogens is 5. The van der Waals surface area contributed by atoms with Crippen molar-refractivity contribution in [1.82, 2.24) is 10.6 Å². The number of nitrogens with zero attached hydrogens (tertiary/aromatic N) is 1. The van der Waals surface area contributed by atoms with Gasteiger partial charge in [0.2, 0.25) is 0 Å². The number of carbonyl (C=O) groups excluding carboxylic acids is 1. The maximum atomic E-state index is 13.8. The van der Waals surface area contributed by atoms with Crippen molar-refractivity contribution in [3.8, 4) is 0 Å². The van der Waals surface area contributed by atoms with E-state index in [2.05, 4.69) is 10.6 Å². The Morgan fingerprint density at radius 2 is 1.59 bits per heavy atom. The first-order chi connectivity index (χ1) is 19.2. The molecule has 0 aliphatic carbocycles. The van der Waals surface area contributed by atoms with Gasteiger partial charge in [0.05, 0.1) is 17.8 Å². The summed E-state index contributed by atoms with van der Waals surface area (Å²) >= 11 is 0. The SMILES string of the molecule is CCc1cccc(CNC[C@H](O)[C@H](Cc2cc(F)cc(F)c2)NC(=O)c2cccc(N(C)S(=O)(=O)C(F)(F)F)c2)c1. The minimum absolute atomic E-state index is 0.00306. The molecule has 0 radical (unpaired) electrons. The van der Waals surface area contributed by atoms with Crippen LogP contribution in [0.4, 0.5) is 27.6 Å². The Kier molecular flexibility index (Phi) is 10.5. The van der Waals surface area contributed by atoms with E-state index in [1.54, 1.807) is 0 Å². The van der Waals surface area contributed by atoms with Crippen LogP contribution in [-0.2, 0) is 29.4 Å². The molecule has 0 aliphatic rings. The van der Waals surface area contributed by atoms with E-state index in [9.17, 15) is 40.3 Å². The van der Waals surface area contributed by atoms with Crippen LogP contribution in [0.25, 0.3) is 0 Å². The van der Waals surface area contributed by atoms with Gasteiger partial charge in [-0.1, -0.05) is 37.3 Å². The number of aliphatic hydroxyl groups excluding tert-OH is 1. The highest BCUT2D eigenvalue weighted by Gasteiger charge is 2.49. The molecule has 0 fully saturated rings. The standard InChI is InChI=1S/C28H30F5N3O4S/c1-3-18-6-4-7-19(10-18)16-34-17-26(37)25(13-20-11-22(29)15-23(30)12-20)35-27(38)21-8-5-9-24(14-21)36(2)41(39,40)28(31,32)33/h4-12,14-15,25-26,34,37H,3,13,16-17H2,1-2H3,(H,35,38)/t25-,26-/m0/s1. The van der Waals surface area contributed by atoms with E-state index >= 15 is 0 Å². The summed E-state index contributed by atoms with van der Waals surface area (Å²) in [4.78, 5) is 13.1. The number of rotatable bonds is 12. The fraction of sp³-hybridized carbons (Fsp3) is 0.321. The zero-order chi connectivity index (χ0) is 30.4. The van der Waals surface area contributed by atoms with Crippen molar-refractivity contribution in [2.75, 3.05) is 17.9 Å². The van der Waals surface area contributed by atoms with Crippen molar-refractivity contribution in [3.63, 3.8) is 0 Å². The van der Waals surface area contributed by atoms with E-state index in [1.165, 1.54) is 12.1 Å². The third-order valence-corrected chi connectivity index (χ3v) is 7.88. The molecule has 0 bridgehead atoms. The van der Waals surface area contributed by atoms with Gasteiger partial charge in [0, 0.05) is 31.8 Å². The zero-order valence-corrected chi connectivity index (χ0v) is 23.1. The smallest absolute Gasteiger partial charge is 0.390 e. The van der Waals surface area contributed by atoms with Gasteiger partial charge in [0.1, 0.15) is 11.6 Å². The second-order valence-corrected chi connectivity index (χ2v) is 11.4. The summed E-state index contributed by atoms with van der Waals surface area (Å²) in [6.07, 6.45) is -0.596. The Morgan fingerprint density at radius 1 is 0.951 bits per heavy atom. The molecule has 0 saturated heterocycles. The molecular weight excluding hydrogens is 569 g/mol. The molecule has 3 rings (SSSR count). The fourth-order valence-electron chi connectivity index (χ4n) is 4.12. The third kappa shape index (κ3) is 8.47. The highest BCUT2D eigenvalue weighted by Crippen LogP contribution is 2.30. The molecule has 3 aromatic rings. The van der Waals surface area contributed by atoms with Gasteiger partial charge in [-0.25, -0.2) is 8.78 Å². The molecule has 0 saturated carbocycles. The van der Waals surface area contributed by atoms with Crippen LogP contribution in [0, 0.1) is 11.6 Å². The number of aryl methyl sites for hydroxylation is 1. The quantitative estimate of drug-likeness (QED) is 0.270. The maximum absolute atomic E-state index is 13.8. The topological polar surface area (TPSA) is 98.7 Å². The van der Waals surface area contributed by atoms with Gasteiger partial charge in [-0.3, -0.25) is 9.10 Å². The highest BCUT2D eigenvalue weighted by atomic mass is 32.2. The number of anilines is 1. The Morgan fingerprint density at radius 3 is 2.22 bits per heavy atom. The van der Waals surface area contributed by atoms with Gasteiger partial charge in [0.25, 0.3) is 5.91 Å². The van der Waals surface area contributed by atoms with Gasteiger partial charge in [-0.05, 0) is 59.9 Å². The van der Waals surface area contributed by atoms with E-state index in [4.69, 9.17) is 0 Å². The number of hydrogen-bond acceptors (Lipinski definition) is 5. The van der Waals surface area contributed by atoms with Crippen molar-refractivity contribution in [2.24, 2.45) is 0 Å². The molecule has 7 nitrogen and oxygen atoms in total. The molecule has 0 heterocycles. The first kappa shape index (κ1) is 32.0. The number of sulfonamides is 1. The molecule has 0 spiro atoms. The normalized spacial score (nSPS) is 13.5. The second-order valence-electron chi connectivity index (χ2n) is 9.40. The highest BCUT2D eigenvalue weighted by molar-refractivity contribution is 7.93. The van der Waals surface area contributed by atoms with Gasteiger partial charge in [-0.2, -0.15) is 21.6 Å². The number of carbonyl (C=O) groups is 1. The molecule has 3 aromatic carbocycles. The predicted molar refractivity (Wildman–Crippen MR) is 145 cm³/mol. The van der Waals surface area contributed by atoms with E-state index in [0.29, 0.717) is 19.7 Å². The molecule has 0 unspecified atom stereocenters. The van der Waals surface area contributed by atoms with Gasteiger partial charge in [-0.15, -0.1) is 0 Å². The monoisotopic (exact) mass is 599 g/mol. The van der Waals surface area contributed by atoms with Crippen LogP contribution < -0.4 is 14.9 Å². The minimum Gasteiger partial charge on any atom is -0.390 e. The summed E-state index contributed by atoms with van der Waals surface area (Å²) in [7, 11) is -5.01. The van der Waals surface area contributed by atoms with E-state index < -0.39 is 50.9 Å². The lowest BCUT2D eigenvalue weighted by atomic mass is 10.00. The molecule has 1 amide bonds. The number of amides is 1. The average molecular weight is 600 g/mol. The zero-order valence-electron chi connectivity index (χ0n) is 22.3. The molecule has 0 aromatic heterocycles. The van der Waals surface area contributed by atoms with Crippen LogP contribution in [-0.4, -0.2) is 50.7 Å². The summed E-state index contributed by atoms with van der Waals surface area (Å²) in [5.41, 5.74) is -3.94. The van der Waals surface area contributed by atoms with Crippen LogP contribution in [0.5, 0.6) is 0 Å². The van der Waals surface area contributed by atoms with Crippen LogP contribution in [0.2, 0.25) is 0 Å². The van der Waals surface area contributed by atoms with Gasteiger partial charge in [0.15, 0.2) is 0 Å². The molecule has 13 heteroatoms. The maximum Gasteiger partial charge on any atom is 0.516 e. The van der Waals surface area contributed by atoms with E-state index in [0.717, 1.165) is 41.8 Å². The summed E-state index contributed by atoms with van der Waals surface area (Å²) in [6, 6.07) is 14.0. The van der Waals surface area contributed by atoms with Crippen molar-refractivity contribution in [1.29, 1.82) is 0 Å². The third-order valence-electron chi connectivity index (χ3n) is 6.37. The lowest BCUT2D eigenvalue weighted by Crippen LogP contribution is -2.48. The molecule has 41 heavy (non-hydrogen) atoms. The van der Waals surface area contributed by atoms with Crippen molar-refractivity contribution < 1.29 is 40.3 Å². The molecular formula is C28H30F5N3O4S. The predicted octanol–water partition coefficient (Wildman–Crippen LogP) is 4.30. The van der Waals surface area contributed by atoms with Crippen molar-refractivity contribution in [3.05, 3.63) is 101 Å². The number of nitrogens with one attached hydrogen (secondary N) is 2. The van der Waals surface area contributed by atoms with Gasteiger partial charge >= 0.3 is 15.5 Å². The number of alkyl halides is 3. The lowest BCUT2D eigenvalue weighted by Gasteiger charge is -2.25. The van der Waals surface area contributed by atoms with Crippen LogP contribution in [0.1, 0.15) is 34.0 Å². The summed E-state index contributed by atoms with van der Waals surface area (Å²) in [6.45, 7) is 2.38. The number of benzene rings is 3. The molecule has 3 N–H and O–H groups in total. The molecule has 0 aliphatic heterocycles. The lowest BCUT2D eigenvalue weighted by molar-refractivity contribution is -0.0437. The second kappa shape index (κ2) is 13.4. The summed E-state index contributed by atoms with van der Waals surface area (Å²) in [5, 5.41) is 16.6. The summed E-state index contributed by atoms with van der Waals surface area (Å²) in [5.74, 6) is -2.55. The van der Waals surface area contributed by atoms with Crippen LogP contribution in [0.3, 0.4) is 0 Å². The van der Waals surface area contributed by atoms with Crippen molar-refractivity contribution >= 4 is 21.6 Å².